The molecule has 0 saturated carbocycles. The molecule has 2 amide bonds. The van der Waals surface area contributed by atoms with Crippen molar-refractivity contribution in [2.24, 2.45) is 0 Å². The number of nitrogens with zero attached hydrogens (tertiary/aromatic N) is 1. The van der Waals surface area contributed by atoms with Crippen LogP contribution in [-0.4, -0.2) is 41.5 Å². The molecule has 0 aromatic heterocycles. The van der Waals surface area contributed by atoms with Crippen LogP contribution in [0.25, 0.3) is 0 Å². The summed E-state index contributed by atoms with van der Waals surface area (Å²) in [5.41, 5.74) is 0.158. The number of hydrogen-bond donors (Lipinski definition) is 1. The fraction of sp³-hybridized carbons (Fsp3) is 0.200. The van der Waals surface area contributed by atoms with E-state index in [1.807, 2.05) is 0 Å². The van der Waals surface area contributed by atoms with E-state index in [9.17, 15) is 18.0 Å². The van der Waals surface area contributed by atoms with Crippen molar-refractivity contribution in [1.29, 1.82) is 0 Å². The molecule has 7 heteroatoms. The Bertz CT molecular complexity index is 843. The summed E-state index contributed by atoms with van der Waals surface area (Å²) in [6.45, 7) is 3.31. The van der Waals surface area contributed by atoms with Crippen LogP contribution in [-0.2, 0) is 10.0 Å². The fourth-order valence-corrected chi connectivity index (χ4v) is 4.19. The molecular weight excluding hydrogens is 366 g/mol. The minimum atomic E-state index is -4.38. The van der Waals surface area contributed by atoms with E-state index in [1.165, 1.54) is 30.3 Å². The molecule has 0 aliphatic carbocycles. The lowest BCUT2D eigenvalue weighted by molar-refractivity contribution is 0.0730. The quantitative estimate of drug-likeness (QED) is 0.555. The first-order chi connectivity index (χ1) is 12.9. The number of imide groups is 1. The number of hydrogen-bond acceptors (Lipinski definition) is 5. The van der Waals surface area contributed by atoms with Crippen molar-refractivity contribution in [3.63, 3.8) is 0 Å². The number of benzene rings is 2. The Morgan fingerprint density at radius 2 is 1.41 bits per heavy atom. The molecule has 0 aliphatic heterocycles. The van der Waals surface area contributed by atoms with Gasteiger partial charge in [0, 0.05) is 17.7 Å². The maximum absolute atomic E-state index is 13.1. The predicted octanol–water partition coefficient (Wildman–Crippen LogP) is 2.63. The van der Waals surface area contributed by atoms with Gasteiger partial charge in [0.1, 0.15) is 0 Å². The predicted molar refractivity (Wildman–Crippen MR) is 103 cm³/mol. The Morgan fingerprint density at radius 1 is 0.963 bits per heavy atom. The molecule has 0 saturated heterocycles. The van der Waals surface area contributed by atoms with Gasteiger partial charge in [-0.05, 0) is 37.1 Å². The molecule has 0 heterocycles. The first kappa shape index (κ1) is 20.5. The van der Waals surface area contributed by atoms with Crippen LogP contribution in [0.5, 0.6) is 0 Å². The zero-order valence-corrected chi connectivity index (χ0v) is 15.5. The number of sulfonamides is 1. The van der Waals surface area contributed by atoms with Crippen molar-refractivity contribution in [2.75, 3.05) is 6.61 Å². The first-order valence-corrected chi connectivity index (χ1v) is 9.90. The average Bonchev–Trinajstić information content (AvgIpc) is 2.69. The Labute approximate surface area is 158 Å². The second-order valence-electron chi connectivity index (χ2n) is 5.79. The van der Waals surface area contributed by atoms with E-state index < -0.39 is 27.1 Å². The van der Waals surface area contributed by atoms with Crippen LogP contribution >= 0.6 is 0 Å². The van der Waals surface area contributed by atoms with Crippen molar-refractivity contribution in [3.8, 4) is 0 Å². The topological polar surface area (TPSA) is 91.8 Å². The highest BCUT2D eigenvalue weighted by molar-refractivity contribution is 7.91. The minimum absolute atomic E-state index is 0.0446. The summed E-state index contributed by atoms with van der Waals surface area (Å²) in [6, 6.07) is 15.5. The Balaban J connectivity index is 2.53. The smallest absolute Gasteiger partial charge is 0.274 e. The molecule has 0 aliphatic rings. The fourth-order valence-electron chi connectivity index (χ4n) is 2.54. The van der Waals surface area contributed by atoms with E-state index in [0.717, 1.165) is 0 Å². The van der Waals surface area contributed by atoms with Gasteiger partial charge in [0.15, 0.2) is 0 Å². The van der Waals surface area contributed by atoms with Gasteiger partial charge in [-0.1, -0.05) is 42.5 Å². The van der Waals surface area contributed by atoms with Gasteiger partial charge in [-0.25, -0.2) is 8.42 Å². The molecule has 1 atom stereocenters. The molecule has 2 aromatic rings. The zero-order valence-electron chi connectivity index (χ0n) is 14.7. The van der Waals surface area contributed by atoms with Gasteiger partial charge in [-0.15, -0.1) is 6.58 Å². The Hall–Kier alpha value is -2.77. The van der Waals surface area contributed by atoms with Crippen LogP contribution < -0.4 is 0 Å². The van der Waals surface area contributed by atoms with Crippen molar-refractivity contribution in [1.82, 2.24) is 4.31 Å². The number of amides is 2. The lowest BCUT2D eigenvalue weighted by Gasteiger charge is -2.25. The van der Waals surface area contributed by atoms with E-state index in [1.54, 1.807) is 36.4 Å². The van der Waals surface area contributed by atoms with E-state index in [2.05, 4.69) is 6.58 Å². The minimum Gasteiger partial charge on any atom is -0.396 e. The largest absolute Gasteiger partial charge is 0.396 e. The number of aliphatic hydroxyl groups excluding tert-OH is 1. The highest BCUT2D eigenvalue weighted by atomic mass is 32.2. The number of rotatable bonds is 8. The lowest BCUT2D eigenvalue weighted by Crippen LogP contribution is -2.46. The van der Waals surface area contributed by atoms with E-state index in [4.69, 9.17) is 5.11 Å². The number of carbonyl (C=O) groups is 2. The maximum Gasteiger partial charge on any atom is 0.274 e. The molecule has 0 spiro atoms. The number of aliphatic hydroxyl groups is 1. The van der Waals surface area contributed by atoms with Crippen LogP contribution in [0.4, 0.5) is 0 Å². The first-order valence-electron chi connectivity index (χ1n) is 8.39. The van der Waals surface area contributed by atoms with Gasteiger partial charge in [0.25, 0.3) is 21.8 Å². The molecular formula is C20H21NO5S. The molecule has 27 heavy (non-hydrogen) atoms. The second kappa shape index (κ2) is 9.25. The van der Waals surface area contributed by atoms with Crippen molar-refractivity contribution in [2.45, 2.75) is 18.1 Å². The zero-order chi connectivity index (χ0) is 19.9. The number of carbonyl (C=O) groups excluding carboxylic acids is 2. The maximum atomic E-state index is 13.1. The van der Waals surface area contributed by atoms with Gasteiger partial charge >= 0.3 is 0 Å². The Kier molecular flexibility index (Phi) is 7.04. The van der Waals surface area contributed by atoms with Gasteiger partial charge in [-0.2, -0.15) is 4.31 Å². The molecule has 142 valence electrons. The third kappa shape index (κ3) is 4.69. The van der Waals surface area contributed by atoms with Gasteiger partial charge in [0.05, 0.1) is 5.25 Å². The standard InChI is InChI=1S/C20H21NO5S/c1-2-18(14-9-15-22)27(25,26)21(19(23)16-10-5-3-6-11-16)20(24)17-12-7-4-8-13-17/h2-8,10-13,18,22H,1,9,14-15H2. The molecule has 0 fully saturated rings. The van der Waals surface area contributed by atoms with Crippen molar-refractivity contribution >= 4 is 21.8 Å². The van der Waals surface area contributed by atoms with Crippen LogP contribution in [0, 0.1) is 0 Å². The van der Waals surface area contributed by atoms with E-state index in [-0.39, 0.29) is 30.6 Å². The van der Waals surface area contributed by atoms with Crippen LogP contribution in [0.15, 0.2) is 73.3 Å². The summed E-state index contributed by atoms with van der Waals surface area (Å²) in [5.74, 6) is -1.86. The normalized spacial score (nSPS) is 12.2. The van der Waals surface area contributed by atoms with Crippen LogP contribution in [0.1, 0.15) is 33.6 Å². The summed E-state index contributed by atoms with van der Waals surface area (Å²) in [7, 11) is -4.38. The van der Waals surface area contributed by atoms with Gasteiger partial charge in [-0.3, -0.25) is 9.59 Å². The van der Waals surface area contributed by atoms with E-state index >= 15 is 0 Å². The van der Waals surface area contributed by atoms with E-state index in [0.29, 0.717) is 4.31 Å². The summed E-state index contributed by atoms with van der Waals surface area (Å²) in [5, 5.41) is 7.84. The molecule has 0 radical (unpaired) electrons. The SMILES string of the molecule is C=CC(CCCO)S(=O)(=O)N(C(=O)c1ccccc1)C(=O)c1ccccc1. The highest BCUT2D eigenvalue weighted by Crippen LogP contribution is 2.21. The van der Waals surface area contributed by atoms with Crippen molar-refractivity contribution in [3.05, 3.63) is 84.4 Å². The highest BCUT2D eigenvalue weighted by Gasteiger charge is 2.39. The van der Waals surface area contributed by atoms with Crippen LogP contribution in [0.2, 0.25) is 0 Å². The monoisotopic (exact) mass is 387 g/mol. The molecule has 2 aromatic carbocycles. The Morgan fingerprint density at radius 3 is 1.78 bits per heavy atom. The van der Waals surface area contributed by atoms with Gasteiger partial charge < -0.3 is 5.11 Å². The second-order valence-corrected chi connectivity index (χ2v) is 7.79. The molecule has 1 unspecified atom stereocenters. The van der Waals surface area contributed by atoms with Crippen LogP contribution in [0.3, 0.4) is 0 Å². The van der Waals surface area contributed by atoms with Gasteiger partial charge in [0.2, 0.25) is 0 Å². The molecule has 0 bridgehead atoms. The summed E-state index contributed by atoms with van der Waals surface area (Å²) in [4.78, 5) is 25.9. The average molecular weight is 387 g/mol. The third-order valence-electron chi connectivity index (χ3n) is 3.96. The van der Waals surface area contributed by atoms with Crippen molar-refractivity contribution < 1.29 is 23.1 Å². The molecule has 6 nitrogen and oxygen atoms in total. The summed E-state index contributed by atoms with van der Waals surface area (Å²) in [6.07, 6.45) is 1.42. The summed E-state index contributed by atoms with van der Waals surface area (Å²) < 4.78 is 26.6. The molecule has 1 N–H and O–H groups in total. The third-order valence-corrected chi connectivity index (χ3v) is 5.99. The molecule has 2 rings (SSSR count). The summed E-state index contributed by atoms with van der Waals surface area (Å²) >= 11 is 0. The lowest BCUT2D eigenvalue weighted by atomic mass is 10.2.